The lowest BCUT2D eigenvalue weighted by Crippen LogP contribution is -2.33. The number of benzene rings is 1. The van der Waals surface area contributed by atoms with E-state index in [4.69, 9.17) is 27.9 Å². The maximum Gasteiger partial charge on any atom is 0.246 e. The smallest absolute Gasteiger partial charge is 0.246 e. The van der Waals surface area contributed by atoms with Crippen LogP contribution in [0.1, 0.15) is 5.56 Å². The largest absolute Gasteiger partial charge is 0.497 e. The van der Waals surface area contributed by atoms with Gasteiger partial charge in [-0.25, -0.2) is 0 Å². The van der Waals surface area contributed by atoms with Gasteiger partial charge >= 0.3 is 0 Å². The minimum atomic E-state index is -0.0860. The van der Waals surface area contributed by atoms with Gasteiger partial charge in [-0.3, -0.25) is 4.79 Å². The van der Waals surface area contributed by atoms with Crippen molar-refractivity contribution in [1.82, 2.24) is 4.90 Å². The topological polar surface area (TPSA) is 29.5 Å². The van der Waals surface area contributed by atoms with Crippen LogP contribution >= 0.6 is 23.2 Å². The molecule has 0 spiro atoms. The van der Waals surface area contributed by atoms with Crippen LogP contribution in [-0.4, -0.2) is 42.8 Å². The standard InChI is InChI=1S/C14H17Cl2NO2/c1-19-13-5-2-12(3-6-13)4-7-14(18)17(10-8-15)11-9-16/h2-7H,8-11H2,1H3/b7-4+. The molecule has 1 aromatic carbocycles. The summed E-state index contributed by atoms with van der Waals surface area (Å²) in [6.45, 7) is 1.00. The predicted octanol–water partition coefficient (Wildman–Crippen LogP) is 3.01. The summed E-state index contributed by atoms with van der Waals surface area (Å²) in [6, 6.07) is 7.46. The minimum absolute atomic E-state index is 0.0860. The molecule has 0 atom stereocenters. The van der Waals surface area contributed by atoms with Crippen LogP contribution in [0.15, 0.2) is 30.3 Å². The van der Waals surface area contributed by atoms with Gasteiger partial charge in [0.05, 0.1) is 7.11 Å². The number of hydrogen-bond acceptors (Lipinski definition) is 2. The molecular formula is C14H17Cl2NO2. The highest BCUT2D eigenvalue weighted by atomic mass is 35.5. The molecule has 0 fully saturated rings. The number of methoxy groups -OCH3 is 1. The average molecular weight is 302 g/mol. The number of carbonyl (C=O) groups excluding carboxylic acids is 1. The Morgan fingerprint density at radius 2 is 1.79 bits per heavy atom. The molecule has 0 aliphatic carbocycles. The van der Waals surface area contributed by atoms with Crippen LogP contribution in [0.2, 0.25) is 0 Å². The fourth-order valence-corrected chi connectivity index (χ4v) is 1.93. The van der Waals surface area contributed by atoms with Gasteiger partial charge in [-0.2, -0.15) is 0 Å². The van der Waals surface area contributed by atoms with Crippen molar-refractivity contribution < 1.29 is 9.53 Å². The first kappa shape index (κ1) is 15.9. The molecule has 0 radical (unpaired) electrons. The predicted molar refractivity (Wildman–Crippen MR) is 80.0 cm³/mol. The first-order valence-electron chi connectivity index (χ1n) is 5.94. The van der Waals surface area contributed by atoms with E-state index in [0.717, 1.165) is 11.3 Å². The average Bonchev–Trinajstić information content (AvgIpc) is 2.45. The monoisotopic (exact) mass is 301 g/mol. The number of amides is 1. The van der Waals surface area contributed by atoms with Crippen LogP contribution in [-0.2, 0) is 4.79 Å². The van der Waals surface area contributed by atoms with E-state index < -0.39 is 0 Å². The first-order valence-corrected chi connectivity index (χ1v) is 7.01. The highest BCUT2D eigenvalue weighted by molar-refractivity contribution is 6.18. The third-order valence-electron chi connectivity index (χ3n) is 2.55. The Balaban J connectivity index is 2.64. The molecule has 19 heavy (non-hydrogen) atoms. The molecule has 0 aromatic heterocycles. The molecule has 0 unspecified atom stereocenters. The lowest BCUT2D eigenvalue weighted by atomic mass is 10.2. The van der Waals surface area contributed by atoms with Gasteiger partial charge in [0.2, 0.25) is 5.91 Å². The summed E-state index contributed by atoms with van der Waals surface area (Å²) in [5.74, 6) is 1.50. The molecule has 0 saturated carbocycles. The summed E-state index contributed by atoms with van der Waals surface area (Å²) >= 11 is 11.3. The highest BCUT2D eigenvalue weighted by Gasteiger charge is 2.08. The number of carbonyl (C=O) groups is 1. The van der Waals surface area contributed by atoms with Gasteiger partial charge in [0, 0.05) is 30.9 Å². The summed E-state index contributed by atoms with van der Waals surface area (Å²) in [6.07, 6.45) is 3.29. The summed E-state index contributed by atoms with van der Waals surface area (Å²) in [4.78, 5) is 13.5. The second-order valence-electron chi connectivity index (χ2n) is 3.81. The Kier molecular flexibility index (Phi) is 7.38. The molecule has 0 saturated heterocycles. The Labute approximate surface area is 123 Å². The molecule has 5 heteroatoms. The second-order valence-corrected chi connectivity index (χ2v) is 4.57. The maximum absolute atomic E-state index is 11.9. The number of hydrogen-bond donors (Lipinski definition) is 0. The van der Waals surface area contributed by atoms with E-state index >= 15 is 0 Å². The van der Waals surface area contributed by atoms with E-state index in [9.17, 15) is 4.79 Å². The van der Waals surface area contributed by atoms with Crippen molar-refractivity contribution in [2.75, 3.05) is 32.0 Å². The highest BCUT2D eigenvalue weighted by Crippen LogP contribution is 2.12. The van der Waals surface area contributed by atoms with Crippen LogP contribution in [0.25, 0.3) is 6.08 Å². The van der Waals surface area contributed by atoms with E-state index in [1.165, 1.54) is 6.08 Å². The van der Waals surface area contributed by atoms with Gasteiger partial charge in [0.1, 0.15) is 5.75 Å². The zero-order chi connectivity index (χ0) is 14.1. The zero-order valence-corrected chi connectivity index (χ0v) is 12.3. The second kappa shape index (κ2) is 8.83. The van der Waals surface area contributed by atoms with Crippen LogP contribution in [0.5, 0.6) is 5.75 Å². The Morgan fingerprint density at radius 3 is 2.26 bits per heavy atom. The van der Waals surface area contributed by atoms with Crippen molar-refractivity contribution in [3.63, 3.8) is 0 Å². The van der Waals surface area contributed by atoms with Crippen molar-refractivity contribution in [2.24, 2.45) is 0 Å². The van der Waals surface area contributed by atoms with Crippen LogP contribution in [0.3, 0.4) is 0 Å². The molecule has 1 rings (SSSR count). The number of ether oxygens (including phenoxy) is 1. The molecule has 104 valence electrons. The quantitative estimate of drug-likeness (QED) is 0.572. The SMILES string of the molecule is COc1ccc(/C=C/C(=O)N(CCCl)CCCl)cc1. The van der Waals surface area contributed by atoms with Gasteiger partial charge in [-0.05, 0) is 23.8 Å². The lowest BCUT2D eigenvalue weighted by molar-refractivity contribution is -0.125. The molecular weight excluding hydrogens is 285 g/mol. The third-order valence-corrected chi connectivity index (χ3v) is 2.89. The Bertz CT molecular complexity index is 412. The number of alkyl halides is 2. The molecule has 1 amide bonds. The van der Waals surface area contributed by atoms with Crippen LogP contribution in [0, 0.1) is 0 Å². The van der Waals surface area contributed by atoms with Crippen molar-refractivity contribution in [3.8, 4) is 5.75 Å². The zero-order valence-electron chi connectivity index (χ0n) is 10.8. The Morgan fingerprint density at radius 1 is 1.21 bits per heavy atom. The van der Waals surface area contributed by atoms with Gasteiger partial charge in [-0.1, -0.05) is 12.1 Å². The maximum atomic E-state index is 11.9. The van der Waals surface area contributed by atoms with Crippen molar-refractivity contribution >= 4 is 35.2 Å². The normalized spacial score (nSPS) is 10.7. The fraction of sp³-hybridized carbons (Fsp3) is 0.357. The van der Waals surface area contributed by atoms with E-state index in [1.54, 1.807) is 18.1 Å². The summed E-state index contributed by atoms with van der Waals surface area (Å²) < 4.78 is 5.07. The number of nitrogens with zero attached hydrogens (tertiary/aromatic N) is 1. The fourth-order valence-electron chi connectivity index (χ4n) is 1.52. The van der Waals surface area contributed by atoms with Crippen molar-refractivity contribution in [1.29, 1.82) is 0 Å². The van der Waals surface area contributed by atoms with Crippen LogP contribution < -0.4 is 4.74 Å². The first-order chi connectivity index (χ1) is 9.21. The molecule has 3 nitrogen and oxygen atoms in total. The van der Waals surface area contributed by atoms with E-state index in [1.807, 2.05) is 24.3 Å². The lowest BCUT2D eigenvalue weighted by Gasteiger charge is -2.18. The van der Waals surface area contributed by atoms with Gasteiger partial charge in [0.25, 0.3) is 0 Å². The summed E-state index contributed by atoms with van der Waals surface area (Å²) in [7, 11) is 1.62. The molecule has 1 aromatic rings. The van der Waals surface area contributed by atoms with Gasteiger partial charge < -0.3 is 9.64 Å². The van der Waals surface area contributed by atoms with E-state index in [-0.39, 0.29) is 5.91 Å². The third kappa shape index (κ3) is 5.53. The van der Waals surface area contributed by atoms with E-state index in [2.05, 4.69) is 0 Å². The van der Waals surface area contributed by atoms with Gasteiger partial charge in [0.15, 0.2) is 0 Å². The Hall–Kier alpha value is -1.19. The molecule has 0 aliphatic rings. The number of rotatable bonds is 7. The van der Waals surface area contributed by atoms with Crippen LogP contribution in [0.4, 0.5) is 0 Å². The van der Waals surface area contributed by atoms with Crippen molar-refractivity contribution in [2.45, 2.75) is 0 Å². The minimum Gasteiger partial charge on any atom is -0.497 e. The molecule has 0 N–H and O–H groups in total. The molecule has 0 heterocycles. The molecule has 0 aliphatic heterocycles. The summed E-state index contributed by atoms with van der Waals surface area (Å²) in [5, 5.41) is 0. The summed E-state index contributed by atoms with van der Waals surface area (Å²) in [5.41, 5.74) is 0.936. The number of halogens is 2. The van der Waals surface area contributed by atoms with Gasteiger partial charge in [-0.15, -0.1) is 23.2 Å². The van der Waals surface area contributed by atoms with Crippen molar-refractivity contribution in [3.05, 3.63) is 35.9 Å². The van der Waals surface area contributed by atoms with E-state index in [0.29, 0.717) is 24.8 Å². The molecule has 0 bridgehead atoms.